The molecule has 2 aliphatic rings. The zero-order chi connectivity index (χ0) is 22.7. The Balaban J connectivity index is 1.57. The number of nitrogens with zero attached hydrogens (tertiary/aromatic N) is 4. The Morgan fingerprint density at radius 3 is 2.72 bits per heavy atom. The molecule has 1 fully saturated rings. The number of piperidine rings is 1. The molecule has 4 rings (SSSR count). The molecular formula is C25H32N4O3. The van der Waals surface area contributed by atoms with Crippen LogP contribution in [0.25, 0.3) is 0 Å². The van der Waals surface area contributed by atoms with Crippen molar-refractivity contribution in [2.75, 3.05) is 24.6 Å². The van der Waals surface area contributed by atoms with Gasteiger partial charge in [-0.1, -0.05) is 30.3 Å². The fourth-order valence-electron chi connectivity index (χ4n) is 4.46. The van der Waals surface area contributed by atoms with E-state index >= 15 is 0 Å². The van der Waals surface area contributed by atoms with E-state index in [9.17, 15) is 9.59 Å². The molecule has 1 saturated heterocycles. The average Bonchev–Trinajstić information content (AvgIpc) is 2.80. The monoisotopic (exact) mass is 436 g/mol. The van der Waals surface area contributed by atoms with E-state index in [4.69, 9.17) is 14.7 Å². The van der Waals surface area contributed by atoms with Crippen molar-refractivity contribution in [3.05, 3.63) is 53.0 Å². The largest absolute Gasteiger partial charge is 0.369 e. The molecule has 1 atom stereocenters. The van der Waals surface area contributed by atoms with Gasteiger partial charge in [-0.2, -0.15) is 0 Å². The third-order valence-electron chi connectivity index (χ3n) is 6.22. The Morgan fingerprint density at radius 2 is 1.97 bits per heavy atom. The van der Waals surface area contributed by atoms with Crippen LogP contribution < -0.4 is 4.90 Å². The van der Waals surface area contributed by atoms with Crippen molar-refractivity contribution in [3.8, 4) is 0 Å². The molecule has 1 aromatic carbocycles. The van der Waals surface area contributed by atoms with Gasteiger partial charge in [0.1, 0.15) is 18.2 Å². The minimum atomic E-state index is 0.0129. The molecule has 3 heterocycles. The Kier molecular flexibility index (Phi) is 6.84. The molecule has 1 unspecified atom stereocenters. The highest BCUT2D eigenvalue weighted by Gasteiger charge is 2.32. The van der Waals surface area contributed by atoms with Crippen LogP contribution in [0.15, 0.2) is 30.3 Å². The second kappa shape index (κ2) is 9.77. The number of likely N-dealkylation sites (tertiary alicyclic amines) is 1. The molecule has 0 saturated carbocycles. The summed E-state index contributed by atoms with van der Waals surface area (Å²) in [4.78, 5) is 38.8. The molecule has 2 amide bonds. The zero-order valence-electron chi connectivity index (χ0n) is 19.2. The van der Waals surface area contributed by atoms with Gasteiger partial charge in [0, 0.05) is 36.7 Å². The van der Waals surface area contributed by atoms with Gasteiger partial charge in [0.2, 0.25) is 11.8 Å². The van der Waals surface area contributed by atoms with Crippen LogP contribution in [-0.4, -0.2) is 52.5 Å². The van der Waals surface area contributed by atoms with Crippen molar-refractivity contribution < 1.29 is 14.3 Å². The minimum Gasteiger partial charge on any atom is -0.369 e. The van der Waals surface area contributed by atoms with Crippen LogP contribution in [0.2, 0.25) is 0 Å². The SMILES string of the molecule is Cc1nc(C2CCCN(C(=O)COC(C)C)C2)nc2c1CCC(=O)N2Cc1ccccc1. The Hall–Kier alpha value is -2.80. The molecule has 32 heavy (non-hydrogen) atoms. The fourth-order valence-corrected chi connectivity index (χ4v) is 4.46. The third-order valence-corrected chi connectivity index (χ3v) is 6.22. The highest BCUT2D eigenvalue weighted by Crippen LogP contribution is 2.33. The molecular weight excluding hydrogens is 404 g/mol. The highest BCUT2D eigenvalue weighted by atomic mass is 16.5. The molecule has 0 aliphatic carbocycles. The summed E-state index contributed by atoms with van der Waals surface area (Å²) in [5, 5.41) is 0. The van der Waals surface area contributed by atoms with Gasteiger partial charge in [0.05, 0.1) is 12.6 Å². The van der Waals surface area contributed by atoms with Crippen LogP contribution in [0, 0.1) is 6.92 Å². The number of ether oxygens (including phenoxy) is 1. The van der Waals surface area contributed by atoms with E-state index < -0.39 is 0 Å². The third kappa shape index (κ3) is 4.99. The molecule has 7 nitrogen and oxygen atoms in total. The van der Waals surface area contributed by atoms with Gasteiger partial charge in [-0.25, -0.2) is 9.97 Å². The zero-order valence-corrected chi connectivity index (χ0v) is 19.2. The number of rotatable bonds is 6. The second-order valence-electron chi connectivity index (χ2n) is 8.97. The van der Waals surface area contributed by atoms with Crippen molar-refractivity contribution in [1.82, 2.24) is 14.9 Å². The van der Waals surface area contributed by atoms with Gasteiger partial charge < -0.3 is 9.64 Å². The summed E-state index contributed by atoms with van der Waals surface area (Å²) in [6.45, 7) is 7.79. The predicted octanol–water partition coefficient (Wildman–Crippen LogP) is 3.40. The number of amides is 2. The number of aromatic nitrogens is 2. The van der Waals surface area contributed by atoms with Crippen molar-refractivity contribution >= 4 is 17.6 Å². The summed E-state index contributed by atoms with van der Waals surface area (Å²) in [6, 6.07) is 10.00. The molecule has 0 bridgehead atoms. The van der Waals surface area contributed by atoms with Crippen molar-refractivity contribution in [1.29, 1.82) is 0 Å². The fraction of sp³-hybridized carbons (Fsp3) is 0.520. The van der Waals surface area contributed by atoms with Crippen LogP contribution >= 0.6 is 0 Å². The molecule has 0 radical (unpaired) electrons. The van der Waals surface area contributed by atoms with Crippen LogP contribution in [0.1, 0.15) is 61.7 Å². The van der Waals surface area contributed by atoms with E-state index in [1.54, 1.807) is 4.90 Å². The summed E-state index contributed by atoms with van der Waals surface area (Å²) < 4.78 is 5.51. The Bertz CT molecular complexity index is 977. The number of benzene rings is 1. The maximum atomic E-state index is 12.8. The number of carbonyl (C=O) groups is 2. The summed E-state index contributed by atoms with van der Waals surface area (Å²) in [5.74, 6) is 1.64. The number of fused-ring (bicyclic) bond motifs is 1. The van der Waals surface area contributed by atoms with E-state index in [1.807, 2.05) is 56.0 Å². The summed E-state index contributed by atoms with van der Waals surface area (Å²) in [6.07, 6.45) is 3.02. The van der Waals surface area contributed by atoms with Crippen LogP contribution in [0.3, 0.4) is 0 Å². The van der Waals surface area contributed by atoms with Gasteiger partial charge in [0.25, 0.3) is 0 Å². The lowest BCUT2D eigenvalue weighted by atomic mass is 9.95. The van der Waals surface area contributed by atoms with E-state index in [0.29, 0.717) is 25.9 Å². The average molecular weight is 437 g/mol. The van der Waals surface area contributed by atoms with E-state index in [1.165, 1.54) is 0 Å². The number of hydrogen-bond donors (Lipinski definition) is 0. The first-order valence-electron chi connectivity index (χ1n) is 11.5. The van der Waals surface area contributed by atoms with Crippen LogP contribution in [0.4, 0.5) is 5.82 Å². The van der Waals surface area contributed by atoms with Gasteiger partial charge >= 0.3 is 0 Å². The van der Waals surface area contributed by atoms with Gasteiger partial charge in [-0.15, -0.1) is 0 Å². The van der Waals surface area contributed by atoms with Crippen molar-refractivity contribution in [3.63, 3.8) is 0 Å². The lowest BCUT2D eigenvalue weighted by molar-refractivity contribution is -0.138. The number of carbonyl (C=O) groups excluding carboxylic acids is 2. The standard InChI is InChI=1S/C25H32N4O3/c1-17(2)32-16-23(31)28-13-7-10-20(15-28)24-26-18(3)21-11-12-22(30)29(25(21)27-24)14-19-8-5-4-6-9-19/h4-6,8-9,17,20H,7,10-16H2,1-3H3. The smallest absolute Gasteiger partial charge is 0.248 e. The highest BCUT2D eigenvalue weighted by molar-refractivity contribution is 5.95. The first-order valence-corrected chi connectivity index (χ1v) is 11.5. The summed E-state index contributed by atoms with van der Waals surface area (Å²) in [7, 11) is 0. The van der Waals surface area contributed by atoms with Gasteiger partial charge in [-0.3, -0.25) is 14.5 Å². The molecule has 0 spiro atoms. The first-order chi connectivity index (χ1) is 15.4. The molecule has 2 aromatic rings. The van der Waals surface area contributed by atoms with Crippen LogP contribution in [0.5, 0.6) is 0 Å². The van der Waals surface area contributed by atoms with Crippen molar-refractivity contribution in [2.24, 2.45) is 0 Å². The molecule has 170 valence electrons. The lowest BCUT2D eigenvalue weighted by Crippen LogP contribution is -2.42. The minimum absolute atomic E-state index is 0.0129. The number of anilines is 1. The topological polar surface area (TPSA) is 75.6 Å². The Morgan fingerprint density at radius 1 is 1.19 bits per heavy atom. The maximum absolute atomic E-state index is 12.8. The molecule has 7 heteroatoms. The predicted molar refractivity (Wildman–Crippen MR) is 122 cm³/mol. The van der Waals surface area contributed by atoms with Gasteiger partial charge in [-0.05, 0) is 45.6 Å². The molecule has 2 aliphatic heterocycles. The normalized spacial score (nSPS) is 18.8. The lowest BCUT2D eigenvalue weighted by Gasteiger charge is -2.34. The summed E-state index contributed by atoms with van der Waals surface area (Å²) in [5.41, 5.74) is 3.06. The summed E-state index contributed by atoms with van der Waals surface area (Å²) >= 11 is 0. The molecule has 0 N–H and O–H groups in total. The van der Waals surface area contributed by atoms with E-state index in [0.717, 1.165) is 47.8 Å². The first kappa shape index (κ1) is 22.4. The van der Waals surface area contributed by atoms with Crippen LogP contribution in [-0.2, 0) is 27.3 Å². The maximum Gasteiger partial charge on any atom is 0.248 e. The van der Waals surface area contributed by atoms with Crippen molar-refractivity contribution in [2.45, 2.75) is 65.0 Å². The Labute approximate surface area is 189 Å². The van der Waals surface area contributed by atoms with E-state index in [2.05, 4.69) is 0 Å². The van der Waals surface area contributed by atoms with Gasteiger partial charge in [0.15, 0.2) is 0 Å². The molecule has 1 aromatic heterocycles. The quantitative estimate of drug-likeness (QED) is 0.694. The second-order valence-corrected chi connectivity index (χ2v) is 8.97. The number of hydrogen-bond acceptors (Lipinski definition) is 5. The number of aryl methyl sites for hydroxylation is 1. The van der Waals surface area contributed by atoms with E-state index in [-0.39, 0.29) is 30.4 Å².